The minimum absolute atomic E-state index is 0.0937. The largest absolute Gasteiger partial charge is 0.470 e. The van der Waals surface area contributed by atoms with Crippen LogP contribution < -0.4 is 0 Å². The van der Waals surface area contributed by atoms with Crippen molar-refractivity contribution in [3.05, 3.63) is 0 Å². The molecular formula is C11H23O6P. The zero-order chi connectivity index (χ0) is 14.7. The van der Waals surface area contributed by atoms with Crippen molar-refractivity contribution in [2.45, 2.75) is 53.8 Å². The van der Waals surface area contributed by atoms with Crippen LogP contribution in [-0.4, -0.2) is 28.0 Å². The van der Waals surface area contributed by atoms with E-state index >= 15 is 0 Å². The number of esters is 1. The summed E-state index contributed by atoms with van der Waals surface area (Å²) in [4.78, 5) is 28.9. The Morgan fingerprint density at radius 3 is 1.89 bits per heavy atom. The minimum Gasteiger partial charge on any atom is -0.460 e. The van der Waals surface area contributed by atoms with Gasteiger partial charge in [0, 0.05) is 0 Å². The van der Waals surface area contributed by atoms with Crippen molar-refractivity contribution in [1.82, 2.24) is 0 Å². The third-order valence-corrected chi connectivity index (χ3v) is 2.92. The minimum atomic E-state index is -4.68. The van der Waals surface area contributed by atoms with Gasteiger partial charge in [0.2, 0.25) is 0 Å². The molecule has 0 bridgehead atoms. The first-order valence-corrected chi connectivity index (χ1v) is 7.32. The van der Waals surface area contributed by atoms with Gasteiger partial charge in [0.1, 0.15) is 6.10 Å². The SMILES string of the molecule is CC(OP(=O)(O)O)C(=O)OC(C(C)C)C(C)(C)C. The van der Waals surface area contributed by atoms with Crippen LogP contribution in [0.3, 0.4) is 0 Å². The molecule has 0 fully saturated rings. The molecule has 0 aromatic rings. The van der Waals surface area contributed by atoms with Gasteiger partial charge in [0.05, 0.1) is 0 Å². The Bertz CT molecular complexity index is 327. The van der Waals surface area contributed by atoms with Crippen molar-refractivity contribution in [2.24, 2.45) is 11.3 Å². The van der Waals surface area contributed by atoms with E-state index in [1.54, 1.807) is 0 Å². The average molecular weight is 282 g/mol. The lowest BCUT2D eigenvalue weighted by molar-refractivity contribution is -0.166. The van der Waals surface area contributed by atoms with E-state index in [9.17, 15) is 9.36 Å². The number of carbonyl (C=O) groups is 1. The van der Waals surface area contributed by atoms with Gasteiger partial charge in [0.25, 0.3) is 0 Å². The summed E-state index contributed by atoms with van der Waals surface area (Å²) in [6.45, 7) is 10.9. The molecule has 7 heteroatoms. The van der Waals surface area contributed by atoms with Crippen LogP contribution in [0.5, 0.6) is 0 Å². The summed E-state index contributed by atoms with van der Waals surface area (Å²) in [7, 11) is -4.68. The second kappa shape index (κ2) is 6.15. The maximum Gasteiger partial charge on any atom is 0.470 e. The van der Waals surface area contributed by atoms with Crippen molar-refractivity contribution in [3.8, 4) is 0 Å². The van der Waals surface area contributed by atoms with E-state index < -0.39 is 19.9 Å². The number of carbonyl (C=O) groups excluding carboxylic acids is 1. The van der Waals surface area contributed by atoms with Crippen LogP contribution in [0.15, 0.2) is 0 Å². The number of ether oxygens (including phenoxy) is 1. The highest BCUT2D eigenvalue weighted by Crippen LogP contribution is 2.38. The van der Waals surface area contributed by atoms with Crippen LogP contribution in [0.1, 0.15) is 41.5 Å². The standard InChI is InChI=1S/C11H23O6P/c1-7(2)9(11(4,5)6)16-10(12)8(3)17-18(13,14)15/h7-9H,1-6H3,(H2,13,14,15). The summed E-state index contributed by atoms with van der Waals surface area (Å²) in [6, 6.07) is 0. The molecule has 0 heterocycles. The van der Waals surface area contributed by atoms with Crippen molar-refractivity contribution >= 4 is 13.8 Å². The Hall–Kier alpha value is -0.420. The van der Waals surface area contributed by atoms with Crippen molar-refractivity contribution in [1.29, 1.82) is 0 Å². The fraction of sp³-hybridized carbons (Fsp3) is 0.909. The van der Waals surface area contributed by atoms with E-state index in [2.05, 4.69) is 4.52 Å². The topological polar surface area (TPSA) is 93.1 Å². The summed E-state index contributed by atoms with van der Waals surface area (Å²) >= 11 is 0. The van der Waals surface area contributed by atoms with Gasteiger partial charge in [-0.1, -0.05) is 34.6 Å². The first kappa shape index (κ1) is 17.6. The van der Waals surface area contributed by atoms with Crippen LogP contribution in [0.4, 0.5) is 0 Å². The second-order valence-corrected chi connectivity index (χ2v) is 6.90. The molecule has 2 atom stereocenters. The molecule has 6 nitrogen and oxygen atoms in total. The molecule has 18 heavy (non-hydrogen) atoms. The van der Waals surface area contributed by atoms with E-state index in [4.69, 9.17) is 14.5 Å². The molecule has 0 radical (unpaired) electrons. The Morgan fingerprint density at radius 2 is 1.61 bits per heavy atom. The summed E-state index contributed by atoms with van der Waals surface area (Å²) in [5.74, 6) is -0.678. The number of phosphoric acid groups is 1. The zero-order valence-corrected chi connectivity index (χ0v) is 12.6. The third kappa shape index (κ3) is 6.50. The van der Waals surface area contributed by atoms with E-state index in [0.29, 0.717) is 0 Å². The molecule has 0 saturated heterocycles. The highest BCUT2D eigenvalue weighted by atomic mass is 31.2. The van der Waals surface area contributed by atoms with E-state index in [1.165, 1.54) is 6.92 Å². The molecule has 0 rings (SSSR count). The Morgan fingerprint density at radius 1 is 1.17 bits per heavy atom. The maximum atomic E-state index is 11.7. The van der Waals surface area contributed by atoms with Crippen molar-refractivity contribution in [3.63, 3.8) is 0 Å². The zero-order valence-electron chi connectivity index (χ0n) is 11.7. The number of hydrogen-bond acceptors (Lipinski definition) is 4. The summed E-state index contributed by atoms with van der Waals surface area (Å²) in [6.07, 6.45) is -1.65. The lowest BCUT2D eigenvalue weighted by Crippen LogP contribution is -2.38. The second-order valence-electron chi connectivity index (χ2n) is 5.71. The number of hydrogen-bond donors (Lipinski definition) is 2. The molecule has 0 spiro atoms. The lowest BCUT2D eigenvalue weighted by Gasteiger charge is -2.34. The van der Waals surface area contributed by atoms with Gasteiger partial charge in [0.15, 0.2) is 6.10 Å². The molecule has 0 saturated carbocycles. The van der Waals surface area contributed by atoms with Crippen LogP contribution >= 0.6 is 7.82 Å². The van der Waals surface area contributed by atoms with Gasteiger partial charge < -0.3 is 14.5 Å². The van der Waals surface area contributed by atoms with E-state index in [1.807, 2.05) is 34.6 Å². The molecule has 0 aliphatic heterocycles. The van der Waals surface area contributed by atoms with Gasteiger partial charge in [-0.3, -0.25) is 4.52 Å². The fourth-order valence-corrected chi connectivity index (χ4v) is 2.28. The molecule has 108 valence electrons. The van der Waals surface area contributed by atoms with E-state index in [0.717, 1.165) is 0 Å². The predicted octanol–water partition coefficient (Wildman–Crippen LogP) is 2.10. The normalized spacial score (nSPS) is 16.5. The van der Waals surface area contributed by atoms with Crippen LogP contribution in [-0.2, 0) is 18.6 Å². The highest BCUT2D eigenvalue weighted by Gasteiger charge is 2.34. The quantitative estimate of drug-likeness (QED) is 0.592. The molecule has 0 aliphatic carbocycles. The van der Waals surface area contributed by atoms with Gasteiger partial charge in [-0.25, -0.2) is 9.36 Å². The summed E-state index contributed by atoms with van der Waals surface area (Å²) in [5.41, 5.74) is -0.258. The average Bonchev–Trinajstić information content (AvgIpc) is 2.08. The Labute approximate surface area is 108 Å². The van der Waals surface area contributed by atoms with Crippen molar-refractivity contribution < 1.29 is 28.4 Å². The first-order chi connectivity index (χ1) is 7.84. The summed E-state index contributed by atoms with van der Waals surface area (Å²) < 4.78 is 20.2. The molecule has 2 N–H and O–H groups in total. The molecule has 0 aliphatic rings. The van der Waals surface area contributed by atoms with Crippen LogP contribution in [0.2, 0.25) is 0 Å². The van der Waals surface area contributed by atoms with Gasteiger partial charge in [-0.2, -0.15) is 0 Å². The smallest absolute Gasteiger partial charge is 0.460 e. The Balaban J connectivity index is 4.67. The van der Waals surface area contributed by atoms with Crippen LogP contribution in [0, 0.1) is 11.3 Å². The van der Waals surface area contributed by atoms with Gasteiger partial charge in [-0.05, 0) is 18.3 Å². The number of phosphoric ester groups is 1. The first-order valence-electron chi connectivity index (χ1n) is 5.79. The molecule has 2 unspecified atom stereocenters. The maximum absolute atomic E-state index is 11.7. The van der Waals surface area contributed by atoms with Gasteiger partial charge in [-0.15, -0.1) is 0 Å². The third-order valence-electron chi connectivity index (χ3n) is 2.33. The molecule has 0 aromatic heterocycles. The highest BCUT2D eigenvalue weighted by molar-refractivity contribution is 7.46. The number of rotatable bonds is 5. The van der Waals surface area contributed by atoms with Gasteiger partial charge >= 0.3 is 13.8 Å². The van der Waals surface area contributed by atoms with Crippen LogP contribution in [0.25, 0.3) is 0 Å². The summed E-state index contributed by atoms with van der Waals surface area (Å²) in [5, 5.41) is 0. The predicted molar refractivity (Wildman–Crippen MR) is 66.8 cm³/mol. The molecule has 0 aromatic carbocycles. The Kier molecular flexibility index (Phi) is 6.01. The van der Waals surface area contributed by atoms with Crippen molar-refractivity contribution in [2.75, 3.05) is 0 Å². The van der Waals surface area contributed by atoms with E-state index in [-0.39, 0.29) is 17.4 Å². The lowest BCUT2D eigenvalue weighted by atomic mass is 9.82. The monoisotopic (exact) mass is 282 g/mol. The molecular weight excluding hydrogens is 259 g/mol. The fourth-order valence-electron chi connectivity index (χ4n) is 1.78. The molecule has 0 amide bonds.